The van der Waals surface area contributed by atoms with Crippen LogP contribution in [0.1, 0.15) is 94.1 Å². The molecule has 0 bridgehead atoms. The maximum Gasteiger partial charge on any atom is 0.303 e. The highest BCUT2D eigenvalue weighted by Crippen LogP contribution is 2.31. The molecule has 0 spiro atoms. The Bertz CT molecular complexity index is 805. The zero-order valence-electron chi connectivity index (χ0n) is 18.3. The molecule has 0 atom stereocenters. The summed E-state index contributed by atoms with van der Waals surface area (Å²) in [6.07, 6.45) is 12.5. The Balaban J connectivity index is 1.82. The summed E-state index contributed by atoms with van der Waals surface area (Å²) in [6, 6.07) is 6.45. The van der Waals surface area contributed by atoms with Crippen LogP contribution in [0.15, 0.2) is 22.6 Å². The zero-order chi connectivity index (χ0) is 21.8. The second-order valence-corrected chi connectivity index (χ2v) is 8.24. The lowest BCUT2D eigenvalue weighted by Gasteiger charge is -2.06. The number of furan rings is 1. The number of hydrogen-bond donors (Lipinski definition) is 2. The Morgan fingerprint density at radius 2 is 1.30 bits per heavy atom. The minimum Gasteiger partial charge on any atom is -0.481 e. The molecular formula is C25H36O5. The lowest BCUT2D eigenvalue weighted by atomic mass is 9.97. The van der Waals surface area contributed by atoms with E-state index < -0.39 is 11.9 Å². The smallest absolute Gasteiger partial charge is 0.303 e. The first-order valence-corrected chi connectivity index (χ1v) is 11.4. The molecule has 0 aliphatic heterocycles. The molecule has 0 saturated heterocycles. The number of carboxylic acid groups (broad SMARTS) is 2. The van der Waals surface area contributed by atoms with Crippen molar-refractivity contribution >= 4 is 22.7 Å². The van der Waals surface area contributed by atoms with E-state index in [-0.39, 0.29) is 12.8 Å². The molecule has 1 aromatic carbocycles. The molecule has 0 saturated carbocycles. The Morgan fingerprint density at radius 3 is 1.90 bits per heavy atom. The fraction of sp³-hybridized carbons (Fsp3) is 0.600. The van der Waals surface area contributed by atoms with E-state index in [0.717, 1.165) is 88.6 Å². The van der Waals surface area contributed by atoms with Crippen molar-refractivity contribution in [2.45, 2.75) is 96.8 Å². The normalized spacial score (nSPS) is 11.2. The number of unbranched alkanes of at least 4 members (excludes halogenated alkanes) is 8. The lowest BCUT2D eigenvalue weighted by molar-refractivity contribution is -0.138. The third-order valence-electron chi connectivity index (χ3n) is 5.72. The van der Waals surface area contributed by atoms with Crippen LogP contribution in [0, 0.1) is 6.92 Å². The minimum atomic E-state index is -0.708. The van der Waals surface area contributed by atoms with Crippen LogP contribution in [0.4, 0.5) is 0 Å². The molecule has 2 aromatic rings. The maximum absolute atomic E-state index is 10.6. The molecule has 2 N–H and O–H groups in total. The van der Waals surface area contributed by atoms with Gasteiger partial charge in [0.15, 0.2) is 0 Å². The first-order chi connectivity index (χ1) is 14.5. The standard InChI is InChI=1S/C25H36O5/c1-19-21-15-12-14-20(13-8-4-2-6-10-17-23(26)27)25(21)22(30-19)16-9-5-3-7-11-18-24(28)29/h12,14-15H,2-11,13,16-18H2,1H3,(H,26,27)(H,28,29). The van der Waals surface area contributed by atoms with Crippen LogP contribution in [0.5, 0.6) is 0 Å². The van der Waals surface area contributed by atoms with Crippen LogP contribution >= 0.6 is 0 Å². The van der Waals surface area contributed by atoms with Crippen LogP contribution in [-0.4, -0.2) is 22.2 Å². The van der Waals surface area contributed by atoms with Gasteiger partial charge < -0.3 is 14.6 Å². The highest BCUT2D eigenvalue weighted by atomic mass is 16.4. The van der Waals surface area contributed by atoms with Crippen molar-refractivity contribution in [3.8, 4) is 0 Å². The van der Waals surface area contributed by atoms with Crippen LogP contribution in [0.25, 0.3) is 10.8 Å². The minimum absolute atomic E-state index is 0.269. The van der Waals surface area contributed by atoms with E-state index in [0.29, 0.717) is 0 Å². The number of hydrogen-bond acceptors (Lipinski definition) is 3. The van der Waals surface area contributed by atoms with Crippen LogP contribution in [0.2, 0.25) is 0 Å². The molecule has 0 aliphatic carbocycles. The summed E-state index contributed by atoms with van der Waals surface area (Å²) < 4.78 is 6.11. The van der Waals surface area contributed by atoms with Crippen molar-refractivity contribution in [1.29, 1.82) is 0 Å². The van der Waals surface area contributed by atoms with Gasteiger partial charge in [0, 0.05) is 30.0 Å². The Morgan fingerprint density at radius 1 is 0.767 bits per heavy atom. The van der Waals surface area contributed by atoms with Gasteiger partial charge >= 0.3 is 11.9 Å². The van der Waals surface area contributed by atoms with E-state index in [9.17, 15) is 9.59 Å². The van der Waals surface area contributed by atoms with Crippen LogP contribution in [-0.2, 0) is 22.4 Å². The van der Waals surface area contributed by atoms with Crippen molar-refractivity contribution in [3.63, 3.8) is 0 Å². The molecule has 0 radical (unpaired) electrons. The van der Waals surface area contributed by atoms with E-state index in [1.807, 2.05) is 6.92 Å². The van der Waals surface area contributed by atoms with Gasteiger partial charge in [-0.1, -0.05) is 56.7 Å². The predicted octanol–water partition coefficient (Wildman–Crippen LogP) is 6.68. The lowest BCUT2D eigenvalue weighted by Crippen LogP contribution is -1.94. The summed E-state index contributed by atoms with van der Waals surface area (Å²) in [5.74, 6) is 0.659. The zero-order valence-corrected chi connectivity index (χ0v) is 18.3. The summed E-state index contributed by atoms with van der Waals surface area (Å²) >= 11 is 0. The molecule has 0 amide bonds. The highest BCUT2D eigenvalue weighted by Gasteiger charge is 2.13. The van der Waals surface area contributed by atoms with Crippen molar-refractivity contribution in [3.05, 3.63) is 35.3 Å². The quantitative estimate of drug-likeness (QED) is 0.298. The van der Waals surface area contributed by atoms with Gasteiger partial charge in [0.05, 0.1) is 0 Å². The first kappa shape index (κ1) is 24.0. The molecule has 30 heavy (non-hydrogen) atoms. The molecular weight excluding hydrogens is 380 g/mol. The first-order valence-electron chi connectivity index (χ1n) is 11.4. The number of aliphatic carboxylic acids is 2. The van der Waals surface area contributed by atoms with E-state index in [2.05, 4.69) is 18.2 Å². The summed E-state index contributed by atoms with van der Waals surface area (Å²) in [6.45, 7) is 2.03. The predicted molar refractivity (Wildman–Crippen MR) is 119 cm³/mol. The molecule has 5 heteroatoms. The Labute approximate surface area is 179 Å². The Kier molecular flexibility index (Phi) is 10.5. The average molecular weight is 417 g/mol. The molecule has 2 rings (SSSR count). The molecule has 166 valence electrons. The number of aryl methyl sites for hydroxylation is 3. The number of fused-ring (bicyclic) bond motifs is 1. The topological polar surface area (TPSA) is 87.7 Å². The van der Waals surface area contributed by atoms with Gasteiger partial charge in [0.2, 0.25) is 0 Å². The number of carboxylic acids is 2. The monoisotopic (exact) mass is 416 g/mol. The van der Waals surface area contributed by atoms with Crippen LogP contribution in [0.3, 0.4) is 0 Å². The van der Waals surface area contributed by atoms with Gasteiger partial charge in [-0.2, -0.15) is 0 Å². The molecule has 0 aliphatic rings. The van der Waals surface area contributed by atoms with E-state index in [1.165, 1.54) is 16.3 Å². The summed E-state index contributed by atoms with van der Waals surface area (Å²) in [5, 5.41) is 19.9. The third-order valence-corrected chi connectivity index (χ3v) is 5.72. The maximum atomic E-state index is 10.6. The van der Waals surface area contributed by atoms with E-state index in [4.69, 9.17) is 14.6 Å². The van der Waals surface area contributed by atoms with E-state index >= 15 is 0 Å². The fourth-order valence-corrected chi connectivity index (χ4v) is 4.11. The molecule has 5 nitrogen and oxygen atoms in total. The molecule has 0 fully saturated rings. The van der Waals surface area contributed by atoms with Crippen molar-refractivity contribution in [1.82, 2.24) is 0 Å². The highest BCUT2D eigenvalue weighted by molar-refractivity contribution is 5.89. The third kappa shape index (κ3) is 8.21. The molecule has 1 heterocycles. The number of rotatable bonds is 16. The SMILES string of the molecule is Cc1oc(CCCCCCCC(=O)O)c2c(CCCCCCCC(=O)O)cccc12. The van der Waals surface area contributed by atoms with Gasteiger partial charge in [-0.05, 0) is 44.6 Å². The van der Waals surface area contributed by atoms with Crippen molar-refractivity contribution < 1.29 is 24.2 Å². The largest absolute Gasteiger partial charge is 0.481 e. The second-order valence-electron chi connectivity index (χ2n) is 8.24. The number of carbonyl (C=O) groups is 2. The summed E-state index contributed by atoms with van der Waals surface area (Å²) in [5.41, 5.74) is 1.35. The van der Waals surface area contributed by atoms with Crippen LogP contribution < -0.4 is 0 Å². The van der Waals surface area contributed by atoms with Crippen molar-refractivity contribution in [2.24, 2.45) is 0 Å². The summed E-state index contributed by atoms with van der Waals surface area (Å²) in [4.78, 5) is 21.1. The number of benzene rings is 1. The average Bonchev–Trinajstić information content (AvgIpc) is 3.02. The Hall–Kier alpha value is -2.30. The van der Waals surface area contributed by atoms with Gasteiger partial charge in [0.1, 0.15) is 11.5 Å². The summed E-state index contributed by atoms with van der Waals surface area (Å²) in [7, 11) is 0. The fourth-order valence-electron chi connectivity index (χ4n) is 4.11. The van der Waals surface area contributed by atoms with Gasteiger partial charge in [-0.15, -0.1) is 0 Å². The van der Waals surface area contributed by atoms with E-state index in [1.54, 1.807) is 0 Å². The van der Waals surface area contributed by atoms with Crippen molar-refractivity contribution in [2.75, 3.05) is 0 Å². The second kappa shape index (κ2) is 13.1. The van der Waals surface area contributed by atoms with Gasteiger partial charge in [-0.3, -0.25) is 9.59 Å². The van der Waals surface area contributed by atoms with Gasteiger partial charge in [0.25, 0.3) is 0 Å². The van der Waals surface area contributed by atoms with Gasteiger partial charge in [-0.25, -0.2) is 0 Å². The molecule has 1 aromatic heterocycles. The molecule has 0 unspecified atom stereocenters.